The SMILES string of the molecule is CCOc1ccc(Br)c(C(=O)NC(C)C)c1C. The van der Waals surface area contributed by atoms with Crippen LogP contribution in [0.2, 0.25) is 0 Å². The minimum atomic E-state index is -0.0778. The number of hydrogen-bond acceptors (Lipinski definition) is 2. The van der Waals surface area contributed by atoms with E-state index >= 15 is 0 Å². The molecule has 1 rings (SSSR count). The Morgan fingerprint density at radius 1 is 1.47 bits per heavy atom. The first-order valence-electron chi connectivity index (χ1n) is 5.70. The van der Waals surface area contributed by atoms with Crippen LogP contribution in [0.15, 0.2) is 16.6 Å². The highest BCUT2D eigenvalue weighted by molar-refractivity contribution is 9.10. The van der Waals surface area contributed by atoms with Gasteiger partial charge in [0.05, 0.1) is 12.2 Å². The number of carbonyl (C=O) groups is 1. The number of halogens is 1. The largest absolute Gasteiger partial charge is 0.494 e. The van der Waals surface area contributed by atoms with Crippen LogP contribution in [0.3, 0.4) is 0 Å². The summed E-state index contributed by atoms with van der Waals surface area (Å²) >= 11 is 3.41. The maximum absolute atomic E-state index is 12.1. The van der Waals surface area contributed by atoms with E-state index < -0.39 is 0 Å². The number of nitrogens with one attached hydrogen (secondary N) is 1. The Bertz CT molecular complexity index is 416. The normalized spacial score (nSPS) is 10.5. The van der Waals surface area contributed by atoms with Crippen molar-refractivity contribution in [1.29, 1.82) is 0 Å². The molecule has 17 heavy (non-hydrogen) atoms. The molecule has 1 amide bonds. The average Bonchev–Trinajstić information content (AvgIpc) is 2.21. The molecule has 0 spiro atoms. The summed E-state index contributed by atoms with van der Waals surface area (Å²) in [5, 5.41) is 2.89. The number of carbonyl (C=O) groups excluding carboxylic acids is 1. The van der Waals surface area contributed by atoms with Gasteiger partial charge in [-0.05, 0) is 55.8 Å². The molecule has 0 unspecified atom stereocenters. The highest BCUT2D eigenvalue weighted by atomic mass is 79.9. The van der Waals surface area contributed by atoms with Crippen molar-refractivity contribution >= 4 is 21.8 Å². The Labute approximate surface area is 111 Å². The Hall–Kier alpha value is -1.03. The minimum Gasteiger partial charge on any atom is -0.494 e. The third-order valence-electron chi connectivity index (χ3n) is 2.31. The quantitative estimate of drug-likeness (QED) is 0.926. The monoisotopic (exact) mass is 299 g/mol. The minimum absolute atomic E-state index is 0.0778. The Balaban J connectivity index is 3.13. The number of benzene rings is 1. The van der Waals surface area contributed by atoms with Crippen LogP contribution < -0.4 is 10.1 Å². The van der Waals surface area contributed by atoms with E-state index in [1.807, 2.05) is 39.8 Å². The molecule has 0 saturated heterocycles. The van der Waals surface area contributed by atoms with Gasteiger partial charge < -0.3 is 10.1 Å². The lowest BCUT2D eigenvalue weighted by Crippen LogP contribution is -2.31. The van der Waals surface area contributed by atoms with Gasteiger partial charge in [-0.3, -0.25) is 4.79 Å². The van der Waals surface area contributed by atoms with Gasteiger partial charge in [-0.25, -0.2) is 0 Å². The molecule has 0 aliphatic heterocycles. The van der Waals surface area contributed by atoms with Crippen LogP contribution in [0, 0.1) is 6.92 Å². The van der Waals surface area contributed by atoms with Crippen molar-refractivity contribution in [3.8, 4) is 5.75 Å². The van der Waals surface area contributed by atoms with Gasteiger partial charge in [0.15, 0.2) is 0 Å². The third kappa shape index (κ3) is 3.46. The fourth-order valence-electron chi connectivity index (χ4n) is 1.58. The second-order valence-corrected chi connectivity index (χ2v) is 4.96. The summed E-state index contributed by atoms with van der Waals surface area (Å²) in [6.45, 7) is 8.29. The molecule has 0 fully saturated rings. The lowest BCUT2D eigenvalue weighted by molar-refractivity contribution is 0.0941. The van der Waals surface area contributed by atoms with Crippen LogP contribution in [0.25, 0.3) is 0 Å². The summed E-state index contributed by atoms with van der Waals surface area (Å²) in [5.74, 6) is 0.676. The number of hydrogen-bond donors (Lipinski definition) is 1. The van der Waals surface area contributed by atoms with E-state index in [1.54, 1.807) is 0 Å². The van der Waals surface area contributed by atoms with Gasteiger partial charge in [0.1, 0.15) is 5.75 Å². The molecule has 0 bridgehead atoms. The Morgan fingerprint density at radius 2 is 2.12 bits per heavy atom. The molecular weight excluding hydrogens is 282 g/mol. The van der Waals surface area contributed by atoms with Crippen LogP contribution in [0.1, 0.15) is 36.7 Å². The maximum Gasteiger partial charge on any atom is 0.253 e. The summed E-state index contributed by atoms with van der Waals surface area (Å²) in [4.78, 5) is 12.1. The van der Waals surface area contributed by atoms with Gasteiger partial charge in [0.25, 0.3) is 5.91 Å². The molecule has 4 heteroatoms. The van der Waals surface area contributed by atoms with E-state index in [0.717, 1.165) is 15.8 Å². The zero-order chi connectivity index (χ0) is 13.0. The van der Waals surface area contributed by atoms with Crippen LogP contribution in [0.5, 0.6) is 5.75 Å². The summed E-state index contributed by atoms with van der Waals surface area (Å²) in [6, 6.07) is 3.83. The molecule has 0 heterocycles. The van der Waals surface area contributed by atoms with E-state index in [-0.39, 0.29) is 11.9 Å². The van der Waals surface area contributed by atoms with Crippen molar-refractivity contribution in [2.24, 2.45) is 0 Å². The topological polar surface area (TPSA) is 38.3 Å². The highest BCUT2D eigenvalue weighted by Gasteiger charge is 2.16. The van der Waals surface area contributed by atoms with E-state index in [9.17, 15) is 4.79 Å². The highest BCUT2D eigenvalue weighted by Crippen LogP contribution is 2.28. The van der Waals surface area contributed by atoms with E-state index in [1.165, 1.54) is 0 Å². The second kappa shape index (κ2) is 6.05. The molecule has 0 radical (unpaired) electrons. The number of amides is 1. The first kappa shape index (κ1) is 14.0. The Kier molecular flexibility index (Phi) is 5.00. The van der Waals surface area contributed by atoms with Gasteiger partial charge in [-0.15, -0.1) is 0 Å². The van der Waals surface area contributed by atoms with Gasteiger partial charge in [0, 0.05) is 16.1 Å². The van der Waals surface area contributed by atoms with E-state index in [0.29, 0.717) is 12.2 Å². The number of rotatable bonds is 4. The molecule has 1 aromatic rings. The Morgan fingerprint density at radius 3 is 2.65 bits per heavy atom. The smallest absolute Gasteiger partial charge is 0.253 e. The molecule has 1 N–H and O–H groups in total. The molecule has 1 aromatic carbocycles. The molecule has 0 saturated carbocycles. The molecular formula is C13H18BrNO2. The predicted octanol–water partition coefficient (Wildman–Crippen LogP) is 3.29. The summed E-state index contributed by atoms with van der Waals surface area (Å²) < 4.78 is 6.28. The standard InChI is InChI=1S/C13H18BrNO2/c1-5-17-11-7-6-10(14)12(9(11)4)13(16)15-8(2)3/h6-8H,5H2,1-4H3,(H,15,16). The van der Waals surface area contributed by atoms with Crippen molar-refractivity contribution in [3.05, 3.63) is 27.7 Å². The number of ether oxygens (including phenoxy) is 1. The molecule has 0 atom stereocenters. The van der Waals surface area contributed by atoms with Crippen molar-refractivity contribution < 1.29 is 9.53 Å². The average molecular weight is 300 g/mol. The van der Waals surface area contributed by atoms with Crippen molar-refractivity contribution in [2.45, 2.75) is 33.7 Å². The van der Waals surface area contributed by atoms with Crippen LogP contribution in [0.4, 0.5) is 0 Å². The maximum atomic E-state index is 12.1. The molecule has 0 aromatic heterocycles. The van der Waals surface area contributed by atoms with Gasteiger partial charge >= 0.3 is 0 Å². The van der Waals surface area contributed by atoms with Crippen LogP contribution in [-0.2, 0) is 0 Å². The molecule has 3 nitrogen and oxygen atoms in total. The van der Waals surface area contributed by atoms with E-state index in [4.69, 9.17) is 4.74 Å². The zero-order valence-electron chi connectivity index (χ0n) is 10.6. The molecule has 94 valence electrons. The fourth-order valence-corrected chi connectivity index (χ4v) is 2.19. The summed E-state index contributed by atoms with van der Waals surface area (Å²) in [6.07, 6.45) is 0. The first-order valence-corrected chi connectivity index (χ1v) is 6.49. The van der Waals surface area contributed by atoms with Crippen molar-refractivity contribution in [2.75, 3.05) is 6.61 Å². The van der Waals surface area contributed by atoms with Crippen molar-refractivity contribution in [3.63, 3.8) is 0 Å². The summed E-state index contributed by atoms with van der Waals surface area (Å²) in [7, 11) is 0. The molecule has 0 aliphatic rings. The first-order chi connectivity index (χ1) is 7.97. The van der Waals surface area contributed by atoms with Gasteiger partial charge in [-0.1, -0.05) is 0 Å². The van der Waals surface area contributed by atoms with Gasteiger partial charge in [0.2, 0.25) is 0 Å². The zero-order valence-corrected chi connectivity index (χ0v) is 12.2. The third-order valence-corrected chi connectivity index (χ3v) is 2.97. The lowest BCUT2D eigenvalue weighted by atomic mass is 10.1. The fraction of sp³-hybridized carbons (Fsp3) is 0.462. The van der Waals surface area contributed by atoms with Crippen LogP contribution >= 0.6 is 15.9 Å². The predicted molar refractivity (Wildman–Crippen MR) is 72.7 cm³/mol. The lowest BCUT2D eigenvalue weighted by Gasteiger charge is -2.15. The van der Waals surface area contributed by atoms with Crippen LogP contribution in [-0.4, -0.2) is 18.6 Å². The van der Waals surface area contributed by atoms with Crippen molar-refractivity contribution in [1.82, 2.24) is 5.32 Å². The summed E-state index contributed by atoms with van der Waals surface area (Å²) in [5.41, 5.74) is 1.50. The second-order valence-electron chi connectivity index (χ2n) is 4.11. The molecule has 0 aliphatic carbocycles. The van der Waals surface area contributed by atoms with E-state index in [2.05, 4.69) is 21.2 Å². The van der Waals surface area contributed by atoms with Gasteiger partial charge in [-0.2, -0.15) is 0 Å².